The highest BCUT2D eigenvalue weighted by Crippen LogP contribution is 2.13. The third-order valence-corrected chi connectivity index (χ3v) is 10.1. The number of alkyl carbamates (subject to hydrolysis) is 2. The molecule has 0 bridgehead atoms. The molecule has 3 heterocycles. The maximum absolute atomic E-state index is 11.8. The smallest absolute Gasteiger partial charge is 0.407 e. The van der Waals surface area contributed by atoms with Gasteiger partial charge in [0.2, 0.25) is 0 Å². The highest BCUT2D eigenvalue weighted by molar-refractivity contribution is 9.09. The molecule has 3 saturated heterocycles. The van der Waals surface area contributed by atoms with E-state index in [0.717, 1.165) is 90.2 Å². The van der Waals surface area contributed by atoms with Gasteiger partial charge in [-0.15, -0.1) is 0 Å². The first-order valence-electron chi connectivity index (χ1n) is 22.5. The molecule has 5 N–H and O–H groups in total. The van der Waals surface area contributed by atoms with Gasteiger partial charge in [-0.25, -0.2) is 9.59 Å². The van der Waals surface area contributed by atoms with Crippen LogP contribution in [0, 0.1) is 0 Å². The van der Waals surface area contributed by atoms with E-state index in [2.05, 4.69) is 78.1 Å². The van der Waals surface area contributed by atoms with Gasteiger partial charge in [0.05, 0.1) is 39.6 Å². The number of hydrogen-bond acceptors (Lipinski definition) is 11. The zero-order valence-electron chi connectivity index (χ0n) is 38.8. The van der Waals surface area contributed by atoms with Crippen molar-refractivity contribution in [3.8, 4) is 0 Å². The maximum atomic E-state index is 11.8. The Morgan fingerprint density at radius 3 is 1.46 bits per heavy atom. The number of carbonyl (C=O) groups excluding carboxylic acids is 2. The van der Waals surface area contributed by atoms with Crippen LogP contribution in [-0.2, 0) is 43.5 Å². The number of amides is 2. The fraction of sp³-hybridized carbons (Fsp3) is 0.592. The zero-order chi connectivity index (χ0) is 45.8. The Labute approximate surface area is 386 Å². The van der Waals surface area contributed by atoms with Crippen molar-refractivity contribution >= 4 is 28.1 Å². The molecule has 0 radical (unpaired) electrons. The molecule has 2 amide bonds. The van der Waals surface area contributed by atoms with Crippen molar-refractivity contribution < 1.29 is 33.3 Å². The van der Waals surface area contributed by atoms with Gasteiger partial charge < -0.3 is 45.4 Å². The molecular weight excluding hydrogens is 864 g/mol. The van der Waals surface area contributed by atoms with E-state index in [0.29, 0.717) is 32.5 Å². The first-order chi connectivity index (χ1) is 30.2. The normalized spacial score (nSPS) is 18.8. The van der Waals surface area contributed by atoms with Crippen LogP contribution in [0.25, 0.3) is 0 Å². The average Bonchev–Trinajstić information content (AvgIpc) is 4.02. The Kier molecular flexibility index (Phi) is 26.0. The van der Waals surface area contributed by atoms with E-state index in [-0.39, 0.29) is 24.3 Å². The highest BCUT2D eigenvalue weighted by Gasteiger charge is 2.26. The van der Waals surface area contributed by atoms with Crippen LogP contribution in [0.3, 0.4) is 0 Å². The number of hydrogen-bond donors (Lipinski definition) is 4. The number of halogens is 1. The minimum absolute atomic E-state index is 0.166. The molecule has 63 heavy (non-hydrogen) atoms. The predicted molar refractivity (Wildman–Crippen MR) is 256 cm³/mol. The third-order valence-electron chi connectivity index (χ3n) is 9.74. The maximum Gasteiger partial charge on any atom is 0.407 e. The largest absolute Gasteiger partial charge is 0.444 e. The van der Waals surface area contributed by atoms with Crippen LogP contribution in [0.5, 0.6) is 0 Å². The van der Waals surface area contributed by atoms with Crippen molar-refractivity contribution in [2.24, 2.45) is 5.73 Å². The van der Waals surface area contributed by atoms with Gasteiger partial charge >= 0.3 is 12.2 Å². The van der Waals surface area contributed by atoms with Gasteiger partial charge in [0.1, 0.15) is 11.2 Å². The summed E-state index contributed by atoms with van der Waals surface area (Å²) in [5, 5.41) is 9.82. The van der Waals surface area contributed by atoms with Crippen molar-refractivity contribution in [2.45, 2.75) is 110 Å². The molecule has 0 aliphatic carbocycles. The Morgan fingerprint density at radius 2 is 1.06 bits per heavy atom. The first kappa shape index (κ1) is 53.7. The number of nitrogens with zero attached hydrogens (tertiary/aromatic N) is 2. The van der Waals surface area contributed by atoms with Gasteiger partial charge in [-0.2, -0.15) is 0 Å². The molecule has 3 fully saturated rings. The second-order valence-electron chi connectivity index (χ2n) is 17.9. The Bertz CT molecular complexity index is 1630. The number of ether oxygens (including phenoxy) is 5. The standard InChI is InChI=1S/C18H28N2O3.C13H20N2O.C9H11BrO.C9H18N2O2/c1-18(2,3)23-17(21)19-16-9-10-20(13-16)11-12-22-14-15-7-5-4-6-8-15;14-13-6-7-15(10-13)8-9-16-11-12-4-2-1-3-5-12;10-6-7-11-8-9-4-2-1-3-5-9;1-9(2,3)13-8(12)11-7-4-5-10-6-7/h4-8,16H,9-14H2,1-3H3,(H,19,21);1-5,13H,6-11,14H2;1-5H,6-8H2;7,10H,4-6H2,1-3H3,(H,11,12). The molecule has 352 valence electrons. The highest BCUT2D eigenvalue weighted by atomic mass is 79.9. The molecule has 6 rings (SSSR count). The van der Waals surface area contributed by atoms with Crippen molar-refractivity contribution in [3.05, 3.63) is 108 Å². The lowest BCUT2D eigenvalue weighted by atomic mass is 10.2. The number of nitrogens with two attached hydrogens (primary N) is 1. The van der Waals surface area contributed by atoms with Crippen LogP contribution >= 0.6 is 15.9 Å². The van der Waals surface area contributed by atoms with Gasteiger partial charge in [-0.3, -0.25) is 9.80 Å². The van der Waals surface area contributed by atoms with E-state index < -0.39 is 11.2 Å². The Morgan fingerprint density at radius 1 is 0.635 bits per heavy atom. The fourth-order valence-corrected chi connectivity index (χ4v) is 6.91. The Hall–Kier alpha value is -3.60. The van der Waals surface area contributed by atoms with Gasteiger partial charge in [-0.1, -0.05) is 107 Å². The lowest BCUT2D eigenvalue weighted by Crippen LogP contribution is -2.40. The van der Waals surface area contributed by atoms with E-state index in [1.165, 1.54) is 16.7 Å². The molecular formula is C49H77BrN6O7. The summed E-state index contributed by atoms with van der Waals surface area (Å²) < 4.78 is 27.1. The SMILES string of the molecule is BrCCOCc1ccccc1.CC(C)(C)OC(=O)NC1CCN(CCOCc2ccccc2)C1.CC(C)(C)OC(=O)NC1CCNC1.NC1CCN(CCOCc2ccccc2)C1. The summed E-state index contributed by atoms with van der Waals surface area (Å²) in [6.45, 7) is 23.2. The first-order valence-corrected chi connectivity index (χ1v) is 23.6. The Balaban J connectivity index is 0.000000233. The molecule has 3 aromatic rings. The molecule has 13 nitrogen and oxygen atoms in total. The van der Waals surface area contributed by atoms with Gasteiger partial charge in [0, 0.05) is 62.7 Å². The number of carbonyl (C=O) groups is 2. The summed E-state index contributed by atoms with van der Waals surface area (Å²) in [4.78, 5) is 27.7. The molecule has 14 heteroatoms. The van der Waals surface area contributed by atoms with Crippen molar-refractivity contribution in [3.63, 3.8) is 0 Å². The summed E-state index contributed by atoms with van der Waals surface area (Å²) in [5.41, 5.74) is 8.64. The van der Waals surface area contributed by atoms with Crippen molar-refractivity contribution in [2.75, 3.05) is 77.5 Å². The average molecular weight is 942 g/mol. The molecule has 3 aliphatic heterocycles. The van der Waals surface area contributed by atoms with E-state index in [1.807, 2.05) is 96.1 Å². The molecule has 0 aromatic heterocycles. The van der Waals surface area contributed by atoms with Gasteiger partial charge in [0.15, 0.2) is 0 Å². The van der Waals surface area contributed by atoms with Crippen LogP contribution in [0.1, 0.15) is 77.5 Å². The summed E-state index contributed by atoms with van der Waals surface area (Å²) >= 11 is 3.30. The van der Waals surface area contributed by atoms with Gasteiger partial charge in [0.25, 0.3) is 0 Å². The molecule has 3 aliphatic rings. The van der Waals surface area contributed by atoms with E-state index >= 15 is 0 Å². The quantitative estimate of drug-likeness (QED) is 0.0836. The monoisotopic (exact) mass is 941 g/mol. The van der Waals surface area contributed by atoms with E-state index in [1.54, 1.807) is 0 Å². The van der Waals surface area contributed by atoms with E-state index in [9.17, 15) is 9.59 Å². The number of alkyl halides is 1. The van der Waals surface area contributed by atoms with Crippen LogP contribution < -0.4 is 21.7 Å². The van der Waals surface area contributed by atoms with Crippen LogP contribution in [-0.4, -0.2) is 129 Å². The fourth-order valence-electron chi connectivity index (χ4n) is 6.68. The molecule has 0 spiro atoms. The number of nitrogens with one attached hydrogen (secondary N) is 3. The second kappa shape index (κ2) is 30.5. The van der Waals surface area contributed by atoms with Crippen LogP contribution in [0.15, 0.2) is 91.0 Å². The minimum Gasteiger partial charge on any atom is -0.444 e. The lowest BCUT2D eigenvalue weighted by molar-refractivity contribution is 0.0494. The van der Waals surface area contributed by atoms with Gasteiger partial charge in [-0.05, 0) is 90.6 Å². The molecule has 3 atom stereocenters. The predicted octanol–water partition coefficient (Wildman–Crippen LogP) is 7.51. The molecule has 3 aromatic carbocycles. The number of likely N-dealkylation sites (tertiary alicyclic amines) is 2. The van der Waals surface area contributed by atoms with Crippen molar-refractivity contribution in [1.29, 1.82) is 0 Å². The van der Waals surface area contributed by atoms with E-state index in [4.69, 9.17) is 29.4 Å². The number of rotatable bonds is 16. The summed E-state index contributed by atoms with van der Waals surface area (Å²) in [6.07, 6.45) is 2.42. The minimum atomic E-state index is -0.451. The summed E-state index contributed by atoms with van der Waals surface area (Å²) in [5.74, 6) is 0. The summed E-state index contributed by atoms with van der Waals surface area (Å²) in [6, 6.07) is 31.4. The molecule has 3 unspecified atom stereocenters. The second-order valence-corrected chi connectivity index (χ2v) is 18.7. The molecule has 0 saturated carbocycles. The number of benzene rings is 3. The third kappa shape index (κ3) is 27.4. The van der Waals surface area contributed by atoms with Crippen molar-refractivity contribution in [1.82, 2.24) is 25.8 Å². The topological polar surface area (TPSA) is 149 Å². The zero-order valence-corrected chi connectivity index (χ0v) is 40.4. The lowest BCUT2D eigenvalue weighted by Gasteiger charge is -2.22. The van der Waals surface area contributed by atoms with Crippen LogP contribution in [0.2, 0.25) is 0 Å². The summed E-state index contributed by atoms with van der Waals surface area (Å²) in [7, 11) is 0. The van der Waals surface area contributed by atoms with Crippen LogP contribution in [0.4, 0.5) is 9.59 Å².